The number of H-pyrrole nitrogens is 1. The Bertz CT molecular complexity index is 1120. The molecule has 1 aliphatic heterocycles. The molecule has 0 spiro atoms. The van der Waals surface area contributed by atoms with Gasteiger partial charge in [-0.1, -0.05) is 23.7 Å². The normalized spacial score (nSPS) is 18.0. The van der Waals surface area contributed by atoms with Gasteiger partial charge in [0.2, 0.25) is 0 Å². The van der Waals surface area contributed by atoms with Crippen LogP contribution in [0.3, 0.4) is 0 Å². The fraction of sp³-hybridized carbons (Fsp3) is 0.348. The van der Waals surface area contributed by atoms with Gasteiger partial charge in [0.15, 0.2) is 0 Å². The van der Waals surface area contributed by atoms with Crippen molar-refractivity contribution < 1.29 is 24.2 Å². The quantitative estimate of drug-likeness (QED) is 0.298. The largest absolute Gasteiger partial charge is 0.507 e. The molecule has 3 rings (SSSR count). The summed E-state index contributed by atoms with van der Waals surface area (Å²) in [6.45, 7) is 4.12. The van der Waals surface area contributed by atoms with Gasteiger partial charge in [0, 0.05) is 29.4 Å². The van der Waals surface area contributed by atoms with Gasteiger partial charge in [0.25, 0.3) is 11.7 Å². The first-order valence-corrected chi connectivity index (χ1v) is 10.4. The predicted octanol–water partition coefficient (Wildman–Crippen LogP) is 3.05. The predicted molar refractivity (Wildman–Crippen MR) is 121 cm³/mol. The van der Waals surface area contributed by atoms with Crippen LogP contribution >= 0.6 is 11.6 Å². The third-order valence-electron chi connectivity index (χ3n) is 5.56. The number of methoxy groups -OCH3 is 1. The Balaban J connectivity index is 2.23. The number of rotatable bonds is 6. The molecule has 0 unspecified atom stereocenters. The van der Waals surface area contributed by atoms with Crippen molar-refractivity contribution in [1.82, 2.24) is 14.8 Å². The second kappa shape index (κ2) is 9.18. The molecule has 1 aromatic heterocycles. The Morgan fingerprint density at radius 1 is 1.28 bits per heavy atom. The molecule has 1 saturated heterocycles. The number of ether oxygens (including phenoxy) is 1. The molecule has 2 N–H and O–H groups in total. The number of nitrogens with one attached hydrogen (secondary N) is 1. The van der Waals surface area contributed by atoms with Gasteiger partial charge in [-0.2, -0.15) is 0 Å². The van der Waals surface area contributed by atoms with Crippen LogP contribution in [0.25, 0.3) is 5.76 Å². The van der Waals surface area contributed by atoms with Gasteiger partial charge in [0.1, 0.15) is 11.5 Å². The standard InChI is InChI=1S/C23H26ClN3O5/c1-12-16(13(2)25-18(12)23(31)32-5)20(28)17-19(14-7-6-8-15(24)11-14)27(10-9-26(3)4)22(30)21(17)29/h6-8,11,19,25,28H,9-10H2,1-5H3/t19-/m0/s1. The van der Waals surface area contributed by atoms with E-state index in [1.807, 2.05) is 19.0 Å². The van der Waals surface area contributed by atoms with Gasteiger partial charge >= 0.3 is 5.97 Å². The van der Waals surface area contributed by atoms with Crippen molar-refractivity contribution in [3.05, 3.63) is 62.9 Å². The van der Waals surface area contributed by atoms with E-state index in [0.29, 0.717) is 34.0 Å². The van der Waals surface area contributed by atoms with E-state index >= 15 is 0 Å². The number of hydrogen-bond acceptors (Lipinski definition) is 6. The first-order chi connectivity index (χ1) is 15.1. The molecule has 1 aliphatic rings. The van der Waals surface area contributed by atoms with Crippen molar-refractivity contribution in [2.45, 2.75) is 19.9 Å². The maximum absolute atomic E-state index is 13.1. The molecule has 8 nitrogen and oxygen atoms in total. The topological polar surface area (TPSA) is 103 Å². The van der Waals surface area contributed by atoms with Crippen LogP contribution in [0.5, 0.6) is 0 Å². The van der Waals surface area contributed by atoms with Crippen molar-refractivity contribution in [3.63, 3.8) is 0 Å². The molecule has 170 valence electrons. The third-order valence-corrected chi connectivity index (χ3v) is 5.79. The summed E-state index contributed by atoms with van der Waals surface area (Å²) in [5.41, 5.74) is 1.94. The number of aliphatic hydroxyl groups excluding tert-OH is 1. The lowest BCUT2D eigenvalue weighted by molar-refractivity contribution is -0.140. The summed E-state index contributed by atoms with van der Waals surface area (Å²) in [6.07, 6.45) is 0. The number of benzene rings is 1. The number of Topliss-reactive ketones (excluding diaryl/α,β-unsaturated/α-hetero) is 1. The highest BCUT2D eigenvalue weighted by molar-refractivity contribution is 6.46. The monoisotopic (exact) mass is 459 g/mol. The minimum Gasteiger partial charge on any atom is -0.507 e. The van der Waals surface area contributed by atoms with Gasteiger partial charge in [-0.25, -0.2) is 4.79 Å². The Morgan fingerprint density at radius 2 is 1.97 bits per heavy atom. The number of aromatic amines is 1. The average Bonchev–Trinajstić information content (AvgIpc) is 3.18. The molecule has 0 bridgehead atoms. The summed E-state index contributed by atoms with van der Waals surface area (Å²) in [5.74, 6) is -2.42. The zero-order chi connectivity index (χ0) is 23.7. The number of esters is 1. The summed E-state index contributed by atoms with van der Waals surface area (Å²) < 4.78 is 4.79. The molecule has 0 aliphatic carbocycles. The molecular weight excluding hydrogens is 434 g/mol. The van der Waals surface area contributed by atoms with Crippen LogP contribution in [0.2, 0.25) is 5.02 Å². The molecule has 1 amide bonds. The number of aromatic nitrogens is 1. The van der Waals surface area contributed by atoms with Crippen LogP contribution < -0.4 is 0 Å². The second-order valence-electron chi connectivity index (χ2n) is 7.97. The van der Waals surface area contributed by atoms with Crippen LogP contribution in [-0.2, 0) is 14.3 Å². The number of likely N-dealkylation sites (tertiary alicyclic amines) is 1. The lowest BCUT2D eigenvalue weighted by atomic mass is 9.94. The number of hydrogen-bond donors (Lipinski definition) is 2. The fourth-order valence-corrected chi connectivity index (χ4v) is 4.19. The van der Waals surface area contributed by atoms with Crippen LogP contribution in [-0.4, -0.2) is 71.8 Å². The lowest BCUT2D eigenvalue weighted by Gasteiger charge is -2.26. The number of carbonyl (C=O) groups excluding carboxylic acids is 3. The Morgan fingerprint density at radius 3 is 2.56 bits per heavy atom. The Labute approximate surface area is 191 Å². The van der Waals surface area contributed by atoms with E-state index in [2.05, 4.69) is 4.98 Å². The van der Waals surface area contributed by atoms with Crippen molar-refractivity contribution in [1.29, 1.82) is 0 Å². The van der Waals surface area contributed by atoms with Gasteiger partial charge in [-0.3, -0.25) is 9.59 Å². The van der Waals surface area contributed by atoms with Gasteiger partial charge in [0.05, 0.1) is 18.7 Å². The molecule has 1 fully saturated rings. The Hall–Kier alpha value is -3.10. The number of ketones is 1. The molecule has 1 aromatic carbocycles. The Kier molecular flexibility index (Phi) is 6.76. The summed E-state index contributed by atoms with van der Waals surface area (Å²) >= 11 is 6.19. The number of carbonyl (C=O) groups is 3. The summed E-state index contributed by atoms with van der Waals surface area (Å²) in [4.78, 5) is 44.4. The van der Waals surface area contributed by atoms with Crippen molar-refractivity contribution in [3.8, 4) is 0 Å². The first kappa shape index (κ1) is 23.6. The van der Waals surface area contributed by atoms with Crippen LogP contribution in [0.1, 0.15) is 38.9 Å². The maximum atomic E-state index is 13.1. The highest BCUT2D eigenvalue weighted by Crippen LogP contribution is 2.41. The smallest absolute Gasteiger partial charge is 0.354 e. The second-order valence-corrected chi connectivity index (χ2v) is 8.40. The van der Waals surface area contributed by atoms with E-state index in [-0.39, 0.29) is 23.6 Å². The highest BCUT2D eigenvalue weighted by atomic mass is 35.5. The van der Waals surface area contributed by atoms with E-state index in [1.165, 1.54) is 12.0 Å². The number of nitrogens with zero attached hydrogens (tertiary/aromatic N) is 2. The molecule has 2 heterocycles. The summed E-state index contributed by atoms with van der Waals surface area (Å²) in [7, 11) is 4.99. The highest BCUT2D eigenvalue weighted by Gasteiger charge is 2.46. The summed E-state index contributed by atoms with van der Waals surface area (Å²) in [5, 5.41) is 11.7. The number of aliphatic hydroxyl groups is 1. The number of likely N-dealkylation sites (N-methyl/N-ethyl adjacent to an activating group) is 1. The first-order valence-electron chi connectivity index (χ1n) is 10.0. The van der Waals surface area contributed by atoms with E-state index in [1.54, 1.807) is 38.1 Å². The third kappa shape index (κ3) is 4.16. The van der Waals surface area contributed by atoms with E-state index in [4.69, 9.17) is 16.3 Å². The molecule has 9 heteroatoms. The SMILES string of the molecule is COC(=O)c1[nH]c(C)c(C(O)=C2C(=O)C(=O)N(CCN(C)C)[C@H]2c2cccc(Cl)c2)c1C. The van der Waals surface area contributed by atoms with Crippen LogP contribution in [0, 0.1) is 13.8 Å². The zero-order valence-electron chi connectivity index (χ0n) is 18.7. The van der Waals surface area contributed by atoms with E-state index in [0.717, 1.165) is 0 Å². The zero-order valence-corrected chi connectivity index (χ0v) is 19.4. The van der Waals surface area contributed by atoms with E-state index in [9.17, 15) is 19.5 Å². The molecule has 0 radical (unpaired) electrons. The maximum Gasteiger partial charge on any atom is 0.354 e. The fourth-order valence-electron chi connectivity index (χ4n) is 3.99. The minimum absolute atomic E-state index is 0.0439. The minimum atomic E-state index is -0.816. The summed E-state index contributed by atoms with van der Waals surface area (Å²) in [6, 6.07) is 6.04. The van der Waals surface area contributed by atoms with Gasteiger partial charge in [-0.15, -0.1) is 0 Å². The van der Waals surface area contributed by atoms with Gasteiger partial charge < -0.3 is 24.6 Å². The molecule has 1 atom stereocenters. The average molecular weight is 460 g/mol. The number of amides is 1. The molecular formula is C23H26ClN3O5. The van der Waals surface area contributed by atoms with Crippen LogP contribution in [0.4, 0.5) is 0 Å². The number of aryl methyl sites for hydroxylation is 1. The molecule has 32 heavy (non-hydrogen) atoms. The lowest BCUT2D eigenvalue weighted by Crippen LogP contribution is -2.35. The molecule has 0 saturated carbocycles. The van der Waals surface area contributed by atoms with Crippen LogP contribution in [0.15, 0.2) is 29.8 Å². The van der Waals surface area contributed by atoms with Crippen molar-refractivity contribution in [2.75, 3.05) is 34.3 Å². The van der Waals surface area contributed by atoms with E-state index < -0.39 is 23.7 Å². The van der Waals surface area contributed by atoms with Crippen molar-refractivity contribution >= 4 is 35.0 Å². The molecule has 2 aromatic rings. The van der Waals surface area contributed by atoms with Crippen molar-refractivity contribution in [2.24, 2.45) is 0 Å². The number of halogens is 1. The van der Waals surface area contributed by atoms with Gasteiger partial charge in [-0.05, 0) is 51.2 Å².